The highest BCUT2D eigenvalue weighted by Crippen LogP contribution is 2.35. The number of nitrogens with zero attached hydrogens (tertiary/aromatic N) is 4. The normalized spacial score (nSPS) is 14.2. The van der Waals surface area contributed by atoms with E-state index in [1.807, 2.05) is 18.2 Å². The third-order valence-corrected chi connectivity index (χ3v) is 9.50. The number of sulfone groups is 1. The number of fused-ring (bicyclic) bond motifs is 2. The maximum Gasteiger partial charge on any atom is 0.227 e. The second-order valence-electron chi connectivity index (χ2n) is 12.0. The number of aromatic nitrogens is 6. The first-order valence-electron chi connectivity index (χ1n) is 15.3. The van der Waals surface area contributed by atoms with Gasteiger partial charge >= 0.3 is 0 Å². The van der Waals surface area contributed by atoms with Crippen LogP contribution in [0.25, 0.3) is 55.6 Å². The van der Waals surface area contributed by atoms with E-state index in [0.29, 0.717) is 33.8 Å². The van der Waals surface area contributed by atoms with Gasteiger partial charge in [-0.1, -0.05) is 25.3 Å². The van der Waals surface area contributed by atoms with Gasteiger partial charge in [-0.25, -0.2) is 12.8 Å². The Bertz CT molecular complexity index is 2200. The highest BCUT2D eigenvalue weighted by molar-refractivity contribution is 7.90. The summed E-state index contributed by atoms with van der Waals surface area (Å²) in [6.45, 7) is 0. The Labute approximate surface area is 264 Å². The molecule has 234 valence electrons. The lowest BCUT2D eigenvalue weighted by molar-refractivity contribution is -0.120. The maximum atomic E-state index is 14.7. The highest BCUT2D eigenvalue weighted by atomic mass is 32.2. The van der Waals surface area contributed by atoms with Gasteiger partial charge in [0.2, 0.25) is 5.91 Å². The molecule has 10 nitrogen and oxygen atoms in total. The SMILES string of the molecule is CS(=O)(=O)CCc1cc(F)cc(-c2cncc3[nH]c(-c4n[nH]c5cnc(-c6cncc(NC(=O)C7CCCCC7)c6)cc45)cc23)c1. The average molecular weight is 638 g/mol. The summed E-state index contributed by atoms with van der Waals surface area (Å²) in [4.78, 5) is 29.6. The molecule has 0 bridgehead atoms. The summed E-state index contributed by atoms with van der Waals surface area (Å²) in [6, 6.07) is 10.4. The highest BCUT2D eigenvalue weighted by Gasteiger charge is 2.22. The number of amides is 1. The van der Waals surface area contributed by atoms with Crippen molar-refractivity contribution in [2.24, 2.45) is 5.92 Å². The Balaban J connectivity index is 1.21. The molecule has 0 aliphatic heterocycles. The molecule has 5 heterocycles. The minimum absolute atomic E-state index is 0.0372. The molecule has 0 spiro atoms. The first kappa shape index (κ1) is 29.7. The standard InChI is InChI=1S/C34H32FN7O3S/c1-46(44,45)8-7-20-9-22(11-24(35)10-20)28-17-37-18-31-26(28)13-30(40-31)33-27-14-29(38-19-32(27)41-42-33)23-12-25(16-36-15-23)39-34(43)21-5-3-2-4-6-21/h9-19,21,40H,2-8H2,1H3,(H,39,43)(H,41,42). The van der Waals surface area contributed by atoms with E-state index in [4.69, 9.17) is 0 Å². The number of aryl methyl sites for hydroxylation is 1. The summed E-state index contributed by atoms with van der Waals surface area (Å²) in [6.07, 6.45) is 15.0. The Hall–Kier alpha value is -4.97. The summed E-state index contributed by atoms with van der Waals surface area (Å²) in [7, 11) is -3.19. The van der Waals surface area contributed by atoms with Crippen LogP contribution in [0.5, 0.6) is 0 Å². The molecule has 12 heteroatoms. The molecule has 5 aromatic heterocycles. The van der Waals surface area contributed by atoms with Crippen LogP contribution < -0.4 is 5.32 Å². The van der Waals surface area contributed by atoms with Gasteiger partial charge in [-0.2, -0.15) is 5.10 Å². The van der Waals surface area contributed by atoms with Crippen molar-refractivity contribution in [2.45, 2.75) is 38.5 Å². The Morgan fingerprint density at radius 3 is 2.57 bits per heavy atom. The van der Waals surface area contributed by atoms with Gasteiger partial charge in [-0.3, -0.25) is 24.8 Å². The van der Waals surface area contributed by atoms with E-state index in [9.17, 15) is 17.6 Å². The number of nitrogens with one attached hydrogen (secondary N) is 3. The van der Waals surface area contributed by atoms with Crippen molar-refractivity contribution in [1.82, 2.24) is 30.1 Å². The van der Waals surface area contributed by atoms with Crippen LogP contribution in [-0.2, 0) is 21.1 Å². The molecule has 1 amide bonds. The number of hydrogen-bond donors (Lipinski definition) is 3. The number of benzene rings is 1. The third kappa shape index (κ3) is 6.25. The number of anilines is 1. The molecule has 1 aliphatic carbocycles. The molecule has 0 radical (unpaired) electrons. The van der Waals surface area contributed by atoms with Crippen LogP contribution >= 0.6 is 0 Å². The van der Waals surface area contributed by atoms with Crippen molar-refractivity contribution in [2.75, 3.05) is 17.3 Å². The van der Waals surface area contributed by atoms with E-state index in [0.717, 1.165) is 58.7 Å². The van der Waals surface area contributed by atoms with Gasteiger partial charge < -0.3 is 10.3 Å². The van der Waals surface area contributed by atoms with Crippen LogP contribution in [0.15, 0.2) is 67.4 Å². The number of H-pyrrole nitrogens is 2. The lowest BCUT2D eigenvalue weighted by atomic mass is 9.88. The van der Waals surface area contributed by atoms with Gasteiger partial charge in [-0.05, 0) is 60.7 Å². The lowest BCUT2D eigenvalue weighted by Crippen LogP contribution is -2.24. The minimum Gasteiger partial charge on any atom is -0.352 e. The molecule has 1 aliphatic rings. The molecular weight excluding hydrogens is 605 g/mol. The van der Waals surface area contributed by atoms with Crippen LogP contribution in [0.3, 0.4) is 0 Å². The van der Waals surface area contributed by atoms with Gasteiger partial charge in [0.1, 0.15) is 21.3 Å². The number of aromatic amines is 2. The quantitative estimate of drug-likeness (QED) is 0.173. The minimum atomic E-state index is -3.19. The third-order valence-electron chi connectivity index (χ3n) is 8.56. The fourth-order valence-electron chi connectivity index (χ4n) is 6.20. The lowest BCUT2D eigenvalue weighted by Gasteiger charge is -2.20. The zero-order valence-corrected chi connectivity index (χ0v) is 26.0. The molecule has 3 N–H and O–H groups in total. The smallest absolute Gasteiger partial charge is 0.227 e. The maximum absolute atomic E-state index is 14.7. The van der Waals surface area contributed by atoms with E-state index in [-0.39, 0.29) is 24.0 Å². The van der Waals surface area contributed by atoms with E-state index in [2.05, 4.69) is 35.5 Å². The fraction of sp³-hybridized carbons (Fsp3) is 0.265. The number of rotatable bonds is 8. The Morgan fingerprint density at radius 1 is 0.913 bits per heavy atom. The number of pyridine rings is 3. The summed E-state index contributed by atoms with van der Waals surface area (Å²) in [5, 5.41) is 12.3. The molecule has 46 heavy (non-hydrogen) atoms. The van der Waals surface area contributed by atoms with Gasteiger partial charge in [-0.15, -0.1) is 0 Å². The number of hydrogen-bond acceptors (Lipinski definition) is 7. The van der Waals surface area contributed by atoms with Crippen molar-refractivity contribution in [1.29, 1.82) is 0 Å². The van der Waals surface area contributed by atoms with E-state index >= 15 is 0 Å². The Kier molecular flexibility index (Phi) is 7.81. The van der Waals surface area contributed by atoms with Crippen LogP contribution in [0.2, 0.25) is 0 Å². The van der Waals surface area contributed by atoms with Crippen LogP contribution in [-0.4, -0.2) is 56.5 Å². The molecule has 7 rings (SSSR count). The van der Waals surface area contributed by atoms with Gasteiger partial charge in [0.05, 0.1) is 52.5 Å². The number of carbonyl (C=O) groups is 1. The van der Waals surface area contributed by atoms with Crippen molar-refractivity contribution in [3.05, 3.63) is 78.8 Å². The summed E-state index contributed by atoms with van der Waals surface area (Å²) in [5.41, 5.74) is 6.86. The zero-order chi connectivity index (χ0) is 31.8. The number of halogens is 1. The average Bonchev–Trinajstić information content (AvgIpc) is 3.68. The van der Waals surface area contributed by atoms with Crippen molar-refractivity contribution in [3.8, 4) is 33.8 Å². The number of carbonyl (C=O) groups excluding carboxylic acids is 1. The van der Waals surface area contributed by atoms with Crippen molar-refractivity contribution in [3.63, 3.8) is 0 Å². The topological polar surface area (TPSA) is 146 Å². The second-order valence-corrected chi connectivity index (χ2v) is 14.3. The first-order chi connectivity index (χ1) is 22.2. The molecule has 0 atom stereocenters. The van der Waals surface area contributed by atoms with Crippen LogP contribution in [0, 0.1) is 11.7 Å². The van der Waals surface area contributed by atoms with Gasteiger partial charge in [0.25, 0.3) is 0 Å². The monoisotopic (exact) mass is 637 g/mol. The summed E-state index contributed by atoms with van der Waals surface area (Å²) >= 11 is 0. The predicted octanol–water partition coefficient (Wildman–Crippen LogP) is 6.48. The van der Waals surface area contributed by atoms with Crippen molar-refractivity contribution < 1.29 is 17.6 Å². The molecule has 1 aromatic carbocycles. The van der Waals surface area contributed by atoms with E-state index < -0.39 is 15.7 Å². The van der Waals surface area contributed by atoms with Crippen LogP contribution in [0.1, 0.15) is 37.7 Å². The van der Waals surface area contributed by atoms with Crippen LogP contribution in [0.4, 0.5) is 10.1 Å². The first-order valence-corrected chi connectivity index (χ1v) is 17.3. The van der Waals surface area contributed by atoms with Gasteiger partial charge in [0, 0.05) is 46.5 Å². The molecule has 0 saturated heterocycles. The molecular formula is C34H32FN7O3S. The predicted molar refractivity (Wildman–Crippen MR) is 176 cm³/mol. The van der Waals surface area contributed by atoms with E-state index in [1.54, 1.807) is 37.1 Å². The fourth-order valence-corrected chi connectivity index (χ4v) is 6.81. The Morgan fingerprint density at radius 2 is 1.74 bits per heavy atom. The second kappa shape index (κ2) is 12.1. The molecule has 6 aromatic rings. The van der Waals surface area contributed by atoms with Crippen molar-refractivity contribution >= 4 is 43.2 Å². The largest absolute Gasteiger partial charge is 0.352 e. The molecule has 0 unspecified atom stereocenters. The summed E-state index contributed by atoms with van der Waals surface area (Å²) in [5.74, 6) is -0.435. The zero-order valence-electron chi connectivity index (χ0n) is 25.2. The summed E-state index contributed by atoms with van der Waals surface area (Å²) < 4.78 is 38.1. The van der Waals surface area contributed by atoms with Gasteiger partial charge in [0.15, 0.2) is 0 Å². The molecule has 1 fully saturated rings. The molecule has 1 saturated carbocycles. The van der Waals surface area contributed by atoms with E-state index in [1.165, 1.54) is 24.8 Å².